The maximum atomic E-state index is 13.6. The minimum Gasteiger partial charge on any atom is -0.384 e. The third-order valence-corrected chi connectivity index (χ3v) is 3.50. The summed E-state index contributed by atoms with van der Waals surface area (Å²) in [5.74, 6) is 4.57. The average molecular weight is 286 g/mol. The molecule has 1 aliphatic carbocycles. The van der Waals surface area contributed by atoms with E-state index in [-0.39, 0.29) is 17.9 Å². The molecule has 1 aromatic carbocycles. The molecule has 3 rings (SSSR count). The van der Waals surface area contributed by atoms with E-state index in [1.165, 1.54) is 6.07 Å². The predicted molar refractivity (Wildman–Crippen MR) is 76.4 cm³/mol. The summed E-state index contributed by atoms with van der Waals surface area (Å²) in [6, 6.07) is 4.93. The highest BCUT2D eigenvalue weighted by molar-refractivity contribution is 5.38. The van der Waals surface area contributed by atoms with Gasteiger partial charge in [-0.25, -0.2) is 9.18 Å². The molecule has 1 saturated carbocycles. The van der Waals surface area contributed by atoms with E-state index in [4.69, 9.17) is 5.11 Å². The van der Waals surface area contributed by atoms with Crippen molar-refractivity contribution in [1.82, 2.24) is 9.13 Å². The van der Waals surface area contributed by atoms with Gasteiger partial charge in [-0.15, -0.1) is 0 Å². The molecule has 0 spiro atoms. The van der Waals surface area contributed by atoms with Crippen LogP contribution in [-0.4, -0.2) is 20.8 Å². The predicted octanol–water partition coefficient (Wildman–Crippen LogP) is 1.52. The van der Waals surface area contributed by atoms with E-state index < -0.39 is 5.82 Å². The Morgan fingerprint density at radius 1 is 1.33 bits per heavy atom. The van der Waals surface area contributed by atoms with E-state index in [1.54, 1.807) is 33.7 Å². The lowest BCUT2D eigenvalue weighted by molar-refractivity contribution is 0.350. The summed E-state index contributed by atoms with van der Waals surface area (Å²) in [5, 5.41) is 8.68. The van der Waals surface area contributed by atoms with Crippen LogP contribution in [0.15, 0.2) is 35.4 Å². The van der Waals surface area contributed by atoms with Gasteiger partial charge in [0.2, 0.25) is 0 Å². The van der Waals surface area contributed by atoms with Crippen molar-refractivity contribution in [2.24, 2.45) is 0 Å². The largest absolute Gasteiger partial charge is 0.384 e. The second-order valence-corrected chi connectivity index (χ2v) is 5.12. The highest BCUT2D eigenvalue weighted by Gasteiger charge is 2.25. The van der Waals surface area contributed by atoms with Gasteiger partial charge in [0.05, 0.1) is 12.1 Å². The number of aromatic nitrogens is 2. The molecular formula is C16H15FN2O2. The van der Waals surface area contributed by atoms with E-state index in [0.29, 0.717) is 12.6 Å². The smallest absolute Gasteiger partial charge is 0.328 e. The van der Waals surface area contributed by atoms with Gasteiger partial charge in [-0.1, -0.05) is 17.9 Å². The van der Waals surface area contributed by atoms with Crippen LogP contribution in [0.25, 0.3) is 0 Å². The van der Waals surface area contributed by atoms with Crippen molar-refractivity contribution in [2.45, 2.75) is 25.4 Å². The maximum absolute atomic E-state index is 13.6. The summed E-state index contributed by atoms with van der Waals surface area (Å²) in [5.41, 5.74) is 0.996. The fourth-order valence-corrected chi connectivity index (χ4v) is 2.28. The molecule has 0 amide bonds. The van der Waals surface area contributed by atoms with Gasteiger partial charge in [0.1, 0.15) is 12.4 Å². The Bertz CT molecular complexity index is 776. The molecule has 0 saturated heterocycles. The number of rotatable bonds is 3. The first kappa shape index (κ1) is 13.7. The van der Waals surface area contributed by atoms with Gasteiger partial charge >= 0.3 is 5.69 Å². The highest BCUT2D eigenvalue weighted by Crippen LogP contribution is 2.33. The lowest BCUT2D eigenvalue weighted by atomic mass is 10.1. The first-order valence-electron chi connectivity index (χ1n) is 6.84. The number of aliphatic hydroxyl groups excluding tert-OH is 1. The Balaban J connectivity index is 1.86. The summed E-state index contributed by atoms with van der Waals surface area (Å²) in [4.78, 5) is 12.2. The van der Waals surface area contributed by atoms with Gasteiger partial charge in [-0.2, -0.15) is 0 Å². The van der Waals surface area contributed by atoms with E-state index in [1.807, 2.05) is 0 Å². The van der Waals surface area contributed by atoms with E-state index in [2.05, 4.69) is 11.8 Å². The van der Waals surface area contributed by atoms with Crippen LogP contribution in [0.5, 0.6) is 0 Å². The molecule has 108 valence electrons. The number of hydrogen-bond acceptors (Lipinski definition) is 2. The SMILES string of the molecule is O=c1n(Cc2ccc(F)c(C#CCO)c2)ccn1C1CC1. The first-order valence-corrected chi connectivity index (χ1v) is 6.84. The molecule has 1 heterocycles. The highest BCUT2D eigenvalue weighted by atomic mass is 19.1. The summed E-state index contributed by atoms with van der Waals surface area (Å²) < 4.78 is 16.9. The summed E-state index contributed by atoms with van der Waals surface area (Å²) in [6.07, 6.45) is 5.67. The van der Waals surface area contributed by atoms with Crippen LogP contribution in [0.2, 0.25) is 0 Å². The lowest BCUT2D eigenvalue weighted by Gasteiger charge is -2.04. The average Bonchev–Trinajstić information content (AvgIpc) is 3.26. The third-order valence-electron chi connectivity index (χ3n) is 3.50. The minimum absolute atomic E-state index is 0.0372. The molecule has 4 nitrogen and oxygen atoms in total. The van der Waals surface area contributed by atoms with E-state index in [0.717, 1.165) is 18.4 Å². The van der Waals surface area contributed by atoms with Crippen LogP contribution in [0.4, 0.5) is 4.39 Å². The van der Waals surface area contributed by atoms with Crippen LogP contribution < -0.4 is 5.69 Å². The molecule has 0 aliphatic heterocycles. The molecule has 1 aliphatic rings. The van der Waals surface area contributed by atoms with Gasteiger partial charge in [0.25, 0.3) is 0 Å². The zero-order valence-electron chi connectivity index (χ0n) is 11.4. The molecule has 2 aromatic rings. The normalized spacial score (nSPS) is 13.8. The summed E-state index contributed by atoms with van der Waals surface area (Å²) in [6.45, 7) is 0.0694. The molecule has 5 heteroatoms. The molecule has 0 bridgehead atoms. The number of imidazole rings is 1. The number of hydrogen-bond donors (Lipinski definition) is 1. The topological polar surface area (TPSA) is 47.2 Å². The quantitative estimate of drug-likeness (QED) is 0.870. The van der Waals surface area contributed by atoms with Gasteiger partial charge in [-0.05, 0) is 30.5 Å². The van der Waals surface area contributed by atoms with E-state index in [9.17, 15) is 9.18 Å². The second-order valence-electron chi connectivity index (χ2n) is 5.12. The third kappa shape index (κ3) is 2.91. The lowest BCUT2D eigenvalue weighted by Crippen LogP contribution is -2.23. The Morgan fingerprint density at radius 2 is 2.14 bits per heavy atom. The second kappa shape index (κ2) is 5.58. The van der Waals surface area contributed by atoms with Gasteiger partial charge in [0.15, 0.2) is 0 Å². The van der Waals surface area contributed by atoms with Crippen molar-refractivity contribution in [3.05, 3.63) is 58.0 Å². The van der Waals surface area contributed by atoms with Gasteiger partial charge < -0.3 is 5.11 Å². The van der Waals surface area contributed by atoms with Crippen molar-refractivity contribution in [1.29, 1.82) is 0 Å². The molecule has 1 aromatic heterocycles. The van der Waals surface area contributed by atoms with Crippen molar-refractivity contribution < 1.29 is 9.50 Å². The molecular weight excluding hydrogens is 271 g/mol. The Kier molecular flexibility index (Phi) is 3.63. The fourth-order valence-electron chi connectivity index (χ4n) is 2.28. The van der Waals surface area contributed by atoms with Gasteiger partial charge in [0, 0.05) is 18.4 Å². The number of nitrogens with zero attached hydrogens (tertiary/aromatic N) is 2. The monoisotopic (exact) mass is 286 g/mol. The van der Waals surface area contributed by atoms with Crippen molar-refractivity contribution in [3.8, 4) is 11.8 Å². The molecule has 21 heavy (non-hydrogen) atoms. The molecule has 1 fully saturated rings. The Hall–Kier alpha value is -2.32. The van der Waals surface area contributed by atoms with Crippen LogP contribution in [0, 0.1) is 17.7 Å². The van der Waals surface area contributed by atoms with E-state index >= 15 is 0 Å². The van der Waals surface area contributed by atoms with Crippen LogP contribution in [0.1, 0.15) is 30.0 Å². The minimum atomic E-state index is -0.428. The maximum Gasteiger partial charge on any atom is 0.328 e. The van der Waals surface area contributed by atoms with Crippen molar-refractivity contribution in [3.63, 3.8) is 0 Å². The summed E-state index contributed by atoms with van der Waals surface area (Å²) in [7, 11) is 0. The summed E-state index contributed by atoms with van der Waals surface area (Å²) >= 11 is 0. The number of halogens is 1. The Morgan fingerprint density at radius 3 is 2.86 bits per heavy atom. The van der Waals surface area contributed by atoms with Crippen LogP contribution >= 0.6 is 0 Å². The van der Waals surface area contributed by atoms with Crippen molar-refractivity contribution >= 4 is 0 Å². The molecule has 1 N–H and O–H groups in total. The molecule has 0 atom stereocenters. The Labute approximate surface area is 121 Å². The van der Waals surface area contributed by atoms with Crippen LogP contribution in [-0.2, 0) is 6.54 Å². The van der Waals surface area contributed by atoms with Gasteiger partial charge in [-0.3, -0.25) is 9.13 Å². The van der Waals surface area contributed by atoms with Crippen molar-refractivity contribution in [2.75, 3.05) is 6.61 Å². The first-order chi connectivity index (χ1) is 10.2. The zero-order chi connectivity index (χ0) is 14.8. The number of benzene rings is 1. The zero-order valence-corrected chi connectivity index (χ0v) is 11.4. The number of aliphatic hydroxyl groups is 1. The fraction of sp³-hybridized carbons (Fsp3) is 0.312. The molecule has 0 unspecified atom stereocenters. The van der Waals surface area contributed by atoms with Crippen LogP contribution in [0.3, 0.4) is 0 Å². The standard InChI is InChI=1S/C16H15FN2O2/c17-15-6-3-12(10-13(15)2-1-9-20)11-18-7-8-19(16(18)21)14-4-5-14/h3,6-8,10,14,20H,4-5,9,11H2. The molecule has 0 radical (unpaired) electrons.